The van der Waals surface area contributed by atoms with Crippen molar-refractivity contribution in [2.24, 2.45) is 0 Å². The molecule has 2 rings (SSSR count). The van der Waals surface area contributed by atoms with Gasteiger partial charge >= 0.3 is 18.2 Å². The molecule has 2 N–H and O–H groups in total. The first-order chi connectivity index (χ1) is 12.7. The van der Waals surface area contributed by atoms with E-state index in [2.05, 4.69) is 10.6 Å². The quantitative estimate of drug-likeness (QED) is 0.777. The number of urea groups is 1. The summed E-state index contributed by atoms with van der Waals surface area (Å²) in [5.41, 5.74) is -1.03. The van der Waals surface area contributed by atoms with Crippen LogP contribution in [0.4, 0.5) is 18.0 Å². The molecule has 1 aromatic carbocycles. The van der Waals surface area contributed by atoms with Gasteiger partial charge in [0.05, 0.1) is 11.1 Å². The van der Waals surface area contributed by atoms with Gasteiger partial charge < -0.3 is 10.1 Å². The third-order valence-corrected chi connectivity index (χ3v) is 4.28. The first-order valence-corrected chi connectivity index (χ1v) is 8.66. The Bertz CT molecular complexity index is 683. The average molecular weight is 386 g/mol. The SMILES string of the molecule is C[C@H](OC(=O)c1ccc(C(F)(F)F)cc1)C(=O)NC(=O)NC1CCCCC1. The largest absolute Gasteiger partial charge is 0.449 e. The Kier molecular flexibility index (Phi) is 6.81. The number of benzene rings is 1. The second-order valence-corrected chi connectivity index (χ2v) is 6.42. The van der Waals surface area contributed by atoms with Crippen molar-refractivity contribution in [1.82, 2.24) is 10.6 Å². The topological polar surface area (TPSA) is 84.5 Å². The van der Waals surface area contributed by atoms with Gasteiger partial charge in [-0.3, -0.25) is 10.1 Å². The molecule has 1 saturated carbocycles. The molecule has 0 aromatic heterocycles. The van der Waals surface area contributed by atoms with Gasteiger partial charge in [0.1, 0.15) is 0 Å². The van der Waals surface area contributed by atoms with E-state index in [1.165, 1.54) is 6.92 Å². The highest BCUT2D eigenvalue weighted by atomic mass is 19.4. The van der Waals surface area contributed by atoms with Crippen molar-refractivity contribution in [1.29, 1.82) is 0 Å². The Balaban J connectivity index is 1.84. The molecule has 0 radical (unpaired) electrons. The van der Waals surface area contributed by atoms with Gasteiger partial charge in [-0.05, 0) is 44.0 Å². The number of carbonyl (C=O) groups is 3. The number of ether oxygens (including phenoxy) is 1. The standard InChI is InChI=1S/C18H21F3N2O4/c1-11(15(24)23-17(26)22-14-5-3-2-4-6-14)27-16(25)12-7-9-13(10-8-12)18(19,20)21/h7-11,14H,2-6H2,1H3,(H2,22,23,24,26)/t11-/m0/s1. The fourth-order valence-corrected chi connectivity index (χ4v) is 2.76. The Morgan fingerprint density at radius 1 is 1.07 bits per heavy atom. The first kappa shape index (κ1) is 20.7. The highest BCUT2D eigenvalue weighted by molar-refractivity contribution is 5.98. The molecule has 1 fully saturated rings. The summed E-state index contributed by atoms with van der Waals surface area (Å²) in [6.07, 6.45) is -0.950. The first-order valence-electron chi connectivity index (χ1n) is 8.66. The van der Waals surface area contributed by atoms with Gasteiger partial charge in [-0.15, -0.1) is 0 Å². The molecule has 0 saturated heterocycles. The second kappa shape index (κ2) is 8.88. The van der Waals surface area contributed by atoms with Crippen molar-refractivity contribution in [2.75, 3.05) is 0 Å². The zero-order chi connectivity index (χ0) is 20.0. The minimum Gasteiger partial charge on any atom is -0.449 e. The van der Waals surface area contributed by atoms with E-state index in [4.69, 9.17) is 4.74 Å². The van der Waals surface area contributed by atoms with Gasteiger partial charge in [-0.2, -0.15) is 13.2 Å². The third kappa shape index (κ3) is 6.26. The highest BCUT2D eigenvalue weighted by Crippen LogP contribution is 2.29. The summed E-state index contributed by atoms with van der Waals surface area (Å²) in [5.74, 6) is -1.78. The van der Waals surface area contributed by atoms with Crippen LogP contribution < -0.4 is 10.6 Å². The zero-order valence-corrected chi connectivity index (χ0v) is 14.8. The molecular weight excluding hydrogens is 365 g/mol. The lowest BCUT2D eigenvalue weighted by Crippen LogP contribution is -2.48. The Morgan fingerprint density at radius 3 is 2.22 bits per heavy atom. The predicted molar refractivity (Wildman–Crippen MR) is 89.9 cm³/mol. The van der Waals surface area contributed by atoms with Crippen LogP contribution in [0, 0.1) is 0 Å². The molecule has 0 aliphatic heterocycles. The Labute approximate surface area is 154 Å². The monoisotopic (exact) mass is 386 g/mol. The molecule has 0 bridgehead atoms. The molecule has 1 aromatic rings. The molecule has 9 heteroatoms. The maximum absolute atomic E-state index is 12.5. The van der Waals surface area contributed by atoms with Crippen molar-refractivity contribution in [3.05, 3.63) is 35.4 Å². The fourth-order valence-electron chi connectivity index (χ4n) is 2.76. The number of amides is 3. The maximum atomic E-state index is 12.5. The third-order valence-electron chi connectivity index (χ3n) is 4.28. The molecular formula is C18H21F3N2O4. The molecule has 27 heavy (non-hydrogen) atoms. The van der Waals surface area contributed by atoms with E-state index in [0.29, 0.717) is 0 Å². The fraction of sp³-hybridized carbons (Fsp3) is 0.500. The molecule has 1 aliphatic rings. The summed E-state index contributed by atoms with van der Waals surface area (Å²) >= 11 is 0. The molecule has 0 spiro atoms. The lowest BCUT2D eigenvalue weighted by Gasteiger charge is -2.23. The Morgan fingerprint density at radius 2 is 1.67 bits per heavy atom. The van der Waals surface area contributed by atoms with Crippen molar-refractivity contribution in [3.63, 3.8) is 0 Å². The van der Waals surface area contributed by atoms with Crippen LogP contribution in [-0.2, 0) is 15.7 Å². The second-order valence-electron chi connectivity index (χ2n) is 6.42. The summed E-state index contributed by atoms with van der Waals surface area (Å²) in [4.78, 5) is 35.7. The number of hydrogen-bond acceptors (Lipinski definition) is 4. The summed E-state index contributed by atoms with van der Waals surface area (Å²) in [6, 6.07) is 2.77. The lowest BCUT2D eigenvalue weighted by molar-refractivity contribution is -0.137. The van der Waals surface area contributed by atoms with Gasteiger partial charge in [-0.25, -0.2) is 9.59 Å². The smallest absolute Gasteiger partial charge is 0.416 e. The number of hydrogen-bond donors (Lipinski definition) is 2. The van der Waals surface area contributed by atoms with Crippen molar-refractivity contribution in [3.8, 4) is 0 Å². The molecule has 3 amide bonds. The van der Waals surface area contributed by atoms with Gasteiger partial charge in [0.2, 0.25) is 0 Å². The van der Waals surface area contributed by atoms with Gasteiger partial charge in [0.15, 0.2) is 6.10 Å². The zero-order valence-electron chi connectivity index (χ0n) is 14.8. The molecule has 1 aliphatic carbocycles. The van der Waals surface area contributed by atoms with E-state index >= 15 is 0 Å². The summed E-state index contributed by atoms with van der Waals surface area (Å²) in [7, 11) is 0. The molecule has 0 heterocycles. The molecule has 148 valence electrons. The predicted octanol–water partition coefficient (Wildman–Crippen LogP) is 3.41. The van der Waals surface area contributed by atoms with E-state index in [0.717, 1.165) is 56.4 Å². The highest BCUT2D eigenvalue weighted by Gasteiger charge is 2.30. The normalized spacial score (nSPS) is 16.3. The van der Waals surface area contributed by atoms with Crippen molar-refractivity contribution in [2.45, 2.75) is 57.3 Å². The van der Waals surface area contributed by atoms with Gasteiger partial charge in [-0.1, -0.05) is 19.3 Å². The van der Waals surface area contributed by atoms with Gasteiger partial charge in [0.25, 0.3) is 5.91 Å². The number of rotatable bonds is 4. The summed E-state index contributed by atoms with van der Waals surface area (Å²) in [6.45, 7) is 1.27. The van der Waals surface area contributed by atoms with E-state index in [9.17, 15) is 27.6 Å². The van der Waals surface area contributed by atoms with E-state index in [-0.39, 0.29) is 11.6 Å². The average Bonchev–Trinajstić information content (AvgIpc) is 2.61. The molecule has 6 nitrogen and oxygen atoms in total. The van der Waals surface area contributed by atoms with Crippen LogP contribution in [0.5, 0.6) is 0 Å². The van der Waals surface area contributed by atoms with Crippen LogP contribution in [0.2, 0.25) is 0 Å². The van der Waals surface area contributed by atoms with Crippen LogP contribution in [0.1, 0.15) is 54.9 Å². The number of imide groups is 1. The molecule has 0 unspecified atom stereocenters. The van der Waals surface area contributed by atoms with E-state index < -0.39 is 35.8 Å². The van der Waals surface area contributed by atoms with Crippen LogP contribution in [0.3, 0.4) is 0 Å². The minimum absolute atomic E-state index is 0.0107. The van der Waals surface area contributed by atoms with Crippen molar-refractivity contribution >= 4 is 17.9 Å². The number of carbonyl (C=O) groups excluding carboxylic acids is 3. The van der Waals surface area contributed by atoms with E-state index in [1.807, 2.05) is 0 Å². The summed E-state index contributed by atoms with van der Waals surface area (Å²) in [5, 5.41) is 4.79. The number of esters is 1. The van der Waals surface area contributed by atoms with Crippen LogP contribution in [0.25, 0.3) is 0 Å². The maximum Gasteiger partial charge on any atom is 0.416 e. The number of nitrogens with one attached hydrogen (secondary N) is 2. The number of alkyl halides is 3. The van der Waals surface area contributed by atoms with Crippen LogP contribution >= 0.6 is 0 Å². The lowest BCUT2D eigenvalue weighted by atomic mass is 9.96. The van der Waals surface area contributed by atoms with Gasteiger partial charge in [0, 0.05) is 6.04 Å². The van der Waals surface area contributed by atoms with Crippen LogP contribution in [0.15, 0.2) is 24.3 Å². The molecule has 1 atom stereocenters. The van der Waals surface area contributed by atoms with Crippen molar-refractivity contribution < 1.29 is 32.3 Å². The van der Waals surface area contributed by atoms with Crippen LogP contribution in [-0.4, -0.2) is 30.1 Å². The van der Waals surface area contributed by atoms with E-state index in [1.54, 1.807) is 0 Å². The number of halogens is 3. The summed E-state index contributed by atoms with van der Waals surface area (Å²) < 4.78 is 42.5. The Hall–Kier alpha value is -2.58. The minimum atomic E-state index is -4.51.